The molecule has 0 unspecified atom stereocenters. The van der Waals surface area contributed by atoms with Crippen molar-refractivity contribution >= 4 is 7.92 Å². The van der Waals surface area contributed by atoms with Gasteiger partial charge in [0.25, 0.3) is 0 Å². The van der Waals surface area contributed by atoms with E-state index >= 15 is 0 Å². The fourth-order valence-electron chi connectivity index (χ4n) is 6.17. The SMILES string of the molecule is CC(C)(C)P1C(C)(C)CC2(CCCC2)CC1(C)C. The Balaban J connectivity index is 2.36. The molecule has 18 heavy (non-hydrogen) atoms. The van der Waals surface area contributed by atoms with Crippen LogP contribution in [0.4, 0.5) is 0 Å². The number of hydrogen-bond donors (Lipinski definition) is 0. The molecule has 0 aromatic heterocycles. The van der Waals surface area contributed by atoms with Gasteiger partial charge in [0.1, 0.15) is 0 Å². The van der Waals surface area contributed by atoms with Crippen molar-refractivity contribution in [1.82, 2.24) is 0 Å². The van der Waals surface area contributed by atoms with Gasteiger partial charge in [0.05, 0.1) is 0 Å². The Hall–Kier alpha value is 0.430. The van der Waals surface area contributed by atoms with Crippen LogP contribution >= 0.6 is 7.92 Å². The average Bonchev–Trinajstić information content (AvgIpc) is 2.42. The maximum atomic E-state index is 2.57. The van der Waals surface area contributed by atoms with Crippen LogP contribution in [0.3, 0.4) is 0 Å². The molecule has 1 saturated carbocycles. The van der Waals surface area contributed by atoms with Gasteiger partial charge in [0, 0.05) is 0 Å². The minimum atomic E-state index is 0.0586. The van der Waals surface area contributed by atoms with E-state index in [0.717, 1.165) is 0 Å². The predicted octanol–water partition coefficient (Wildman–Crippen LogP) is 6.18. The standard InChI is InChI=1S/C17H33P/c1-14(2,3)18-15(4,5)12-17(10-8-9-11-17)13-16(18,6)7/h8-13H2,1-7H3. The summed E-state index contributed by atoms with van der Waals surface area (Å²) < 4.78 is 0. The van der Waals surface area contributed by atoms with Gasteiger partial charge in [-0.05, 0) is 46.6 Å². The largest absolute Gasteiger partial charge is 0.0895 e. The van der Waals surface area contributed by atoms with Gasteiger partial charge in [0.2, 0.25) is 0 Å². The zero-order chi connectivity index (χ0) is 13.8. The molecule has 0 radical (unpaired) electrons. The molecule has 106 valence electrons. The zero-order valence-corrected chi connectivity index (χ0v) is 14.6. The van der Waals surface area contributed by atoms with Crippen molar-refractivity contribution in [2.24, 2.45) is 5.41 Å². The van der Waals surface area contributed by atoms with E-state index in [1.54, 1.807) is 0 Å². The van der Waals surface area contributed by atoms with Crippen molar-refractivity contribution in [3.8, 4) is 0 Å². The third kappa shape index (κ3) is 2.52. The summed E-state index contributed by atoms with van der Waals surface area (Å²) in [6.45, 7) is 17.7. The van der Waals surface area contributed by atoms with Crippen LogP contribution in [-0.4, -0.2) is 15.5 Å². The monoisotopic (exact) mass is 268 g/mol. The first kappa shape index (κ1) is 14.8. The zero-order valence-electron chi connectivity index (χ0n) is 13.7. The fraction of sp³-hybridized carbons (Fsp3) is 1.00. The lowest BCUT2D eigenvalue weighted by molar-refractivity contribution is 0.182. The molecule has 0 nitrogen and oxygen atoms in total. The van der Waals surface area contributed by atoms with Crippen LogP contribution in [0.1, 0.15) is 87.0 Å². The molecule has 2 aliphatic rings. The summed E-state index contributed by atoms with van der Waals surface area (Å²) in [7, 11) is 0.0586. The minimum Gasteiger partial charge on any atom is -0.0895 e. The van der Waals surface area contributed by atoms with Crippen molar-refractivity contribution in [1.29, 1.82) is 0 Å². The van der Waals surface area contributed by atoms with E-state index in [0.29, 0.717) is 20.9 Å². The van der Waals surface area contributed by atoms with Crippen LogP contribution in [0.15, 0.2) is 0 Å². The Bertz CT molecular complexity index is 293. The fourth-order valence-corrected chi connectivity index (χ4v) is 12.4. The highest BCUT2D eigenvalue weighted by atomic mass is 31.1. The van der Waals surface area contributed by atoms with Crippen molar-refractivity contribution in [2.75, 3.05) is 0 Å². The second-order valence-electron chi connectivity index (χ2n) is 9.19. The summed E-state index contributed by atoms with van der Waals surface area (Å²) in [6.07, 6.45) is 8.97. The van der Waals surface area contributed by atoms with E-state index in [2.05, 4.69) is 48.5 Å². The van der Waals surface area contributed by atoms with Gasteiger partial charge < -0.3 is 0 Å². The Kier molecular flexibility index (Phi) is 3.47. The molecule has 1 aliphatic heterocycles. The Morgan fingerprint density at radius 2 is 1.17 bits per heavy atom. The molecule has 0 bridgehead atoms. The lowest BCUT2D eigenvalue weighted by atomic mass is 9.72. The van der Waals surface area contributed by atoms with E-state index in [9.17, 15) is 0 Å². The van der Waals surface area contributed by atoms with Crippen LogP contribution in [0.5, 0.6) is 0 Å². The second kappa shape index (κ2) is 4.21. The molecule has 0 atom stereocenters. The highest BCUT2D eigenvalue weighted by molar-refractivity contribution is 7.62. The van der Waals surface area contributed by atoms with Crippen molar-refractivity contribution in [2.45, 2.75) is 102 Å². The van der Waals surface area contributed by atoms with E-state index in [-0.39, 0.29) is 7.92 Å². The van der Waals surface area contributed by atoms with Crippen LogP contribution in [0, 0.1) is 5.41 Å². The predicted molar refractivity (Wildman–Crippen MR) is 85.0 cm³/mol. The average molecular weight is 268 g/mol. The molecule has 0 aromatic carbocycles. The van der Waals surface area contributed by atoms with Gasteiger partial charge in [0.15, 0.2) is 0 Å². The molecule has 1 heteroatoms. The number of hydrogen-bond acceptors (Lipinski definition) is 0. The second-order valence-corrected chi connectivity index (χ2v) is 13.6. The molecule has 0 N–H and O–H groups in total. The first-order chi connectivity index (χ1) is 7.99. The molecule has 0 aromatic rings. The molecule has 2 fully saturated rings. The maximum Gasteiger partial charge on any atom is -0.0136 e. The molecule has 1 spiro atoms. The normalized spacial score (nSPS) is 30.8. The molecule has 0 amide bonds. The van der Waals surface area contributed by atoms with E-state index < -0.39 is 0 Å². The number of rotatable bonds is 0. The van der Waals surface area contributed by atoms with E-state index in [4.69, 9.17) is 0 Å². The summed E-state index contributed by atoms with van der Waals surface area (Å²) in [5.74, 6) is 0. The minimum absolute atomic E-state index is 0.0586. The van der Waals surface area contributed by atoms with Gasteiger partial charge in [-0.25, -0.2) is 0 Å². The highest BCUT2D eigenvalue weighted by Gasteiger charge is 2.56. The van der Waals surface area contributed by atoms with Gasteiger partial charge in [-0.1, -0.05) is 69.2 Å². The Labute approximate surface area is 116 Å². The smallest absolute Gasteiger partial charge is 0.0136 e. The van der Waals surface area contributed by atoms with Crippen molar-refractivity contribution < 1.29 is 0 Å². The third-order valence-electron chi connectivity index (χ3n) is 5.16. The Morgan fingerprint density at radius 3 is 1.50 bits per heavy atom. The van der Waals surface area contributed by atoms with Crippen LogP contribution in [0.2, 0.25) is 0 Å². The maximum absolute atomic E-state index is 2.57. The van der Waals surface area contributed by atoms with E-state index in [1.807, 2.05) is 0 Å². The van der Waals surface area contributed by atoms with Crippen LogP contribution in [-0.2, 0) is 0 Å². The highest BCUT2D eigenvalue weighted by Crippen LogP contribution is 2.76. The summed E-state index contributed by atoms with van der Waals surface area (Å²) in [6, 6.07) is 0. The Morgan fingerprint density at radius 1 is 0.778 bits per heavy atom. The van der Waals surface area contributed by atoms with Crippen LogP contribution in [0.25, 0.3) is 0 Å². The summed E-state index contributed by atoms with van der Waals surface area (Å²) in [5.41, 5.74) is 0.705. The van der Waals surface area contributed by atoms with Gasteiger partial charge >= 0.3 is 0 Å². The summed E-state index contributed by atoms with van der Waals surface area (Å²) in [5, 5.41) is 1.60. The molecular weight excluding hydrogens is 235 g/mol. The van der Waals surface area contributed by atoms with E-state index in [1.165, 1.54) is 38.5 Å². The quantitative estimate of drug-likeness (QED) is 0.460. The molecule has 1 aliphatic carbocycles. The van der Waals surface area contributed by atoms with Gasteiger partial charge in [-0.15, -0.1) is 0 Å². The van der Waals surface area contributed by atoms with Crippen LogP contribution < -0.4 is 0 Å². The van der Waals surface area contributed by atoms with Gasteiger partial charge in [-0.2, -0.15) is 0 Å². The summed E-state index contributed by atoms with van der Waals surface area (Å²) >= 11 is 0. The molecule has 1 heterocycles. The summed E-state index contributed by atoms with van der Waals surface area (Å²) in [4.78, 5) is 0. The van der Waals surface area contributed by atoms with Crippen molar-refractivity contribution in [3.63, 3.8) is 0 Å². The molecular formula is C17H33P. The topological polar surface area (TPSA) is 0 Å². The molecule has 2 rings (SSSR count). The lowest BCUT2D eigenvalue weighted by Crippen LogP contribution is -2.48. The van der Waals surface area contributed by atoms with Gasteiger partial charge in [-0.3, -0.25) is 0 Å². The lowest BCUT2D eigenvalue weighted by Gasteiger charge is -2.61. The third-order valence-corrected chi connectivity index (χ3v) is 9.24. The first-order valence-electron chi connectivity index (χ1n) is 7.79. The first-order valence-corrected chi connectivity index (χ1v) is 9.13. The molecule has 1 saturated heterocycles. The van der Waals surface area contributed by atoms with Crippen molar-refractivity contribution in [3.05, 3.63) is 0 Å².